The molecule has 2 aliphatic rings. The second-order valence-corrected chi connectivity index (χ2v) is 7.22. The normalized spacial score (nSPS) is 19.1. The Morgan fingerprint density at radius 2 is 2.03 bits per heavy atom. The number of nitrogens with two attached hydrogens (primary N) is 1. The van der Waals surface area contributed by atoms with E-state index in [4.69, 9.17) is 21.8 Å². The molecule has 1 aromatic heterocycles. The van der Waals surface area contributed by atoms with Gasteiger partial charge in [0.25, 0.3) is 0 Å². The number of ketones is 1. The molecule has 1 aromatic carbocycles. The summed E-state index contributed by atoms with van der Waals surface area (Å²) in [6.45, 7) is 0. The van der Waals surface area contributed by atoms with Gasteiger partial charge >= 0.3 is 5.91 Å². The molecule has 0 fully saturated rings. The van der Waals surface area contributed by atoms with Gasteiger partial charge in [0.2, 0.25) is 0 Å². The molecule has 1 amide bonds. The number of hydrogen-bond acceptors (Lipinski definition) is 6. The lowest BCUT2D eigenvalue weighted by molar-refractivity contribution is -0.116. The topological polar surface area (TPSA) is 112 Å². The van der Waals surface area contributed by atoms with Crippen molar-refractivity contribution >= 4 is 23.3 Å². The number of Topliss-reactive ketones (excluding diaryl/α,β-unsaturated/α-hetero) is 1. The highest BCUT2D eigenvalue weighted by Gasteiger charge is 2.40. The number of nitrogens with one attached hydrogen (secondary N) is 1. The van der Waals surface area contributed by atoms with E-state index in [9.17, 15) is 14.9 Å². The van der Waals surface area contributed by atoms with Crippen LogP contribution in [-0.4, -0.2) is 16.7 Å². The van der Waals surface area contributed by atoms with E-state index >= 15 is 0 Å². The summed E-state index contributed by atoms with van der Waals surface area (Å²) < 4.78 is 5.13. The zero-order valence-electron chi connectivity index (χ0n) is 15.3. The van der Waals surface area contributed by atoms with Crippen LogP contribution in [0.1, 0.15) is 41.3 Å². The highest BCUT2D eigenvalue weighted by molar-refractivity contribution is 6.30. The average molecular weight is 409 g/mol. The molecule has 0 saturated carbocycles. The smallest absolute Gasteiger partial charge is 0.305 e. The largest absolute Gasteiger partial charge is 0.459 e. The van der Waals surface area contributed by atoms with Gasteiger partial charge in [-0.3, -0.25) is 15.0 Å². The Morgan fingerprint density at radius 3 is 2.69 bits per heavy atom. The van der Waals surface area contributed by atoms with E-state index in [-0.39, 0.29) is 22.9 Å². The number of carbonyl (C=O) groups excluding carboxylic acids is 2. The summed E-state index contributed by atoms with van der Waals surface area (Å²) in [6.07, 6.45) is 2.94. The molecule has 0 spiro atoms. The fraction of sp³-hybridized carbons (Fsp3) is 0.190. The minimum Gasteiger partial charge on any atom is -0.459 e. The van der Waals surface area contributed by atoms with Gasteiger partial charge in [-0.2, -0.15) is 5.26 Å². The Morgan fingerprint density at radius 1 is 1.28 bits per heavy atom. The van der Waals surface area contributed by atoms with Crippen molar-refractivity contribution in [3.8, 4) is 6.07 Å². The van der Waals surface area contributed by atoms with Crippen LogP contribution in [0.25, 0.3) is 0 Å². The summed E-state index contributed by atoms with van der Waals surface area (Å²) in [5.74, 6) is -1.01. The first-order valence-electron chi connectivity index (χ1n) is 9.07. The Bertz CT molecular complexity index is 1080. The predicted molar refractivity (Wildman–Crippen MR) is 105 cm³/mol. The van der Waals surface area contributed by atoms with Crippen LogP contribution in [-0.2, 0) is 4.79 Å². The molecule has 1 aliphatic heterocycles. The van der Waals surface area contributed by atoms with Gasteiger partial charge < -0.3 is 10.2 Å². The van der Waals surface area contributed by atoms with Gasteiger partial charge in [0, 0.05) is 22.7 Å². The molecule has 2 aromatic rings. The third-order valence-corrected chi connectivity index (χ3v) is 5.33. The minimum absolute atomic E-state index is 0.0660. The predicted octanol–water partition coefficient (Wildman–Crippen LogP) is 3.38. The van der Waals surface area contributed by atoms with Gasteiger partial charge in [-0.05, 0) is 42.7 Å². The highest BCUT2D eigenvalue weighted by atomic mass is 35.5. The molecule has 0 saturated heterocycles. The SMILES string of the molecule is N#CC1=C(N)N(NC(=O)c2ccco2)C2=C(C(=O)CCC2)C1c1ccc(Cl)cc1. The van der Waals surface area contributed by atoms with E-state index in [2.05, 4.69) is 11.5 Å². The number of furan rings is 1. The summed E-state index contributed by atoms with van der Waals surface area (Å²) in [5, 5.41) is 11.8. The van der Waals surface area contributed by atoms with Crippen molar-refractivity contribution in [2.45, 2.75) is 25.2 Å². The standard InChI is InChI=1S/C21H17ClN4O3/c22-13-8-6-12(7-9-13)18-14(11-23)20(24)26(15-3-1-4-16(27)19(15)18)25-21(28)17-5-2-10-29-17/h2,5-10,18H,1,3-4,24H2,(H,25,28). The molecule has 1 atom stereocenters. The van der Waals surface area contributed by atoms with Crippen LogP contribution >= 0.6 is 11.6 Å². The van der Waals surface area contributed by atoms with Crippen molar-refractivity contribution < 1.29 is 14.0 Å². The third-order valence-electron chi connectivity index (χ3n) is 5.07. The molecule has 7 nitrogen and oxygen atoms in total. The molecule has 146 valence electrons. The van der Waals surface area contributed by atoms with Gasteiger partial charge in [0.15, 0.2) is 11.5 Å². The fourth-order valence-corrected chi connectivity index (χ4v) is 3.89. The van der Waals surface area contributed by atoms with Crippen molar-refractivity contribution in [2.24, 2.45) is 5.73 Å². The number of benzene rings is 1. The fourth-order valence-electron chi connectivity index (χ4n) is 3.77. The molecule has 1 unspecified atom stereocenters. The van der Waals surface area contributed by atoms with Crippen LogP contribution in [0.15, 0.2) is 69.7 Å². The number of nitriles is 1. The summed E-state index contributed by atoms with van der Waals surface area (Å²) in [6, 6.07) is 12.2. The van der Waals surface area contributed by atoms with Crippen LogP contribution in [0, 0.1) is 11.3 Å². The Labute approximate surface area is 172 Å². The lowest BCUT2D eigenvalue weighted by Gasteiger charge is -2.39. The second kappa shape index (κ2) is 7.49. The lowest BCUT2D eigenvalue weighted by atomic mass is 9.76. The maximum absolute atomic E-state index is 12.9. The van der Waals surface area contributed by atoms with Gasteiger partial charge in [-0.1, -0.05) is 23.7 Å². The van der Waals surface area contributed by atoms with E-state index in [1.54, 1.807) is 30.3 Å². The van der Waals surface area contributed by atoms with Crippen molar-refractivity contribution in [1.29, 1.82) is 5.26 Å². The van der Waals surface area contributed by atoms with Gasteiger partial charge in [0.1, 0.15) is 5.82 Å². The molecule has 0 bridgehead atoms. The van der Waals surface area contributed by atoms with E-state index in [1.165, 1.54) is 17.3 Å². The number of allylic oxidation sites excluding steroid dienone is 3. The van der Waals surface area contributed by atoms with E-state index in [0.717, 1.165) is 5.56 Å². The molecule has 3 N–H and O–H groups in total. The summed E-state index contributed by atoms with van der Waals surface area (Å²) >= 11 is 6.00. The number of nitrogens with zero attached hydrogens (tertiary/aromatic N) is 2. The molecule has 1 aliphatic carbocycles. The van der Waals surface area contributed by atoms with Gasteiger partial charge in [-0.15, -0.1) is 0 Å². The minimum atomic E-state index is -0.600. The van der Waals surface area contributed by atoms with Crippen molar-refractivity contribution in [2.75, 3.05) is 0 Å². The van der Waals surface area contributed by atoms with Crippen molar-refractivity contribution in [3.05, 3.63) is 81.7 Å². The Kier molecular flexibility index (Phi) is 4.87. The molecule has 8 heteroatoms. The van der Waals surface area contributed by atoms with Crippen molar-refractivity contribution in [1.82, 2.24) is 10.4 Å². The Balaban J connectivity index is 1.83. The molecular formula is C21H17ClN4O3. The molecule has 4 rings (SSSR count). The molecular weight excluding hydrogens is 392 g/mol. The molecule has 0 radical (unpaired) electrons. The van der Waals surface area contributed by atoms with Gasteiger partial charge in [-0.25, -0.2) is 5.01 Å². The first-order chi connectivity index (χ1) is 14.0. The van der Waals surface area contributed by atoms with Crippen LogP contribution < -0.4 is 11.2 Å². The number of halogens is 1. The summed E-state index contributed by atoms with van der Waals surface area (Å²) in [4.78, 5) is 25.4. The maximum Gasteiger partial charge on any atom is 0.305 e. The zero-order valence-corrected chi connectivity index (χ0v) is 16.1. The lowest BCUT2D eigenvalue weighted by Crippen LogP contribution is -2.48. The van der Waals surface area contributed by atoms with E-state index in [1.807, 2.05) is 0 Å². The maximum atomic E-state index is 12.9. The van der Waals surface area contributed by atoms with Crippen LogP contribution in [0.5, 0.6) is 0 Å². The Hall–Kier alpha value is -3.50. The number of amides is 1. The van der Waals surface area contributed by atoms with E-state index < -0.39 is 11.8 Å². The number of hydrogen-bond donors (Lipinski definition) is 2. The molecule has 29 heavy (non-hydrogen) atoms. The monoisotopic (exact) mass is 408 g/mol. The third kappa shape index (κ3) is 3.28. The molecule has 2 heterocycles. The number of hydrazine groups is 1. The average Bonchev–Trinajstić information content (AvgIpc) is 3.25. The highest BCUT2D eigenvalue weighted by Crippen LogP contribution is 2.44. The number of rotatable bonds is 3. The summed E-state index contributed by atoms with van der Waals surface area (Å²) in [5.41, 5.74) is 11.0. The van der Waals surface area contributed by atoms with E-state index in [0.29, 0.717) is 35.6 Å². The first-order valence-corrected chi connectivity index (χ1v) is 9.45. The van der Waals surface area contributed by atoms with Crippen molar-refractivity contribution in [3.63, 3.8) is 0 Å². The van der Waals surface area contributed by atoms with Crippen LogP contribution in [0.4, 0.5) is 0 Å². The zero-order chi connectivity index (χ0) is 20.5. The van der Waals surface area contributed by atoms with Crippen LogP contribution in [0.2, 0.25) is 5.02 Å². The quantitative estimate of drug-likeness (QED) is 0.805. The van der Waals surface area contributed by atoms with Crippen LogP contribution in [0.3, 0.4) is 0 Å². The summed E-state index contributed by atoms with van der Waals surface area (Å²) in [7, 11) is 0. The second-order valence-electron chi connectivity index (χ2n) is 6.79. The number of carbonyl (C=O) groups is 2. The van der Waals surface area contributed by atoms with Gasteiger partial charge in [0.05, 0.1) is 23.8 Å². The first kappa shape index (κ1) is 18.8.